The molecule has 0 bridgehead atoms. The number of oxazole rings is 1. The molecule has 0 saturated carbocycles. The maximum Gasteiger partial charge on any atom is 0.209 e. The zero-order valence-corrected chi connectivity index (χ0v) is 14.3. The molecule has 3 aromatic rings. The zero-order chi connectivity index (χ0) is 16.9. The predicted molar refractivity (Wildman–Crippen MR) is 94.8 cm³/mol. The highest BCUT2D eigenvalue weighted by atomic mass is 16.5. The fourth-order valence-electron chi connectivity index (χ4n) is 2.72. The summed E-state index contributed by atoms with van der Waals surface area (Å²) in [5, 5.41) is 0. The molecule has 1 aromatic heterocycles. The van der Waals surface area contributed by atoms with E-state index in [1.807, 2.05) is 48.5 Å². The minimum Gasteiger partial charge on any atom is -0.496 e. The quantitative estimate of drug-likeness (QED) is 0.667. The Balaban J connectivity index is 1.73. The number of ether oxygens (including phenoxy) is 1. The molecule has 0 fully saturated rings. The number of rotatable bonds is 6. The molecule has 0 aliphatic rings. The van der Waals surface area contributed by atoms with E-state index in [1.165, 1.54) is 0 Å². The summed E-state index contributed by atoms with van der Waals surface area (Å²) in [6.07, 6.45) is 1.78. The molecular weight excluding hydrogens is 300 g/mol. The van der Waals surface area contributed by atoms with Gasteiger partial charge in [0.2, 0.25) is 5.89 Å². The van der Waals surface area contributed by atoms with Crippen molar-refractivity contribution in [1.29, 1.82) is 0 Å². The van der Waals surface area contributed by atoms with Crippen LogP contribution in [0.25, 0.3) is 11.3 Å². The van der Waals surface area contributed by atoms with Gasteiger partial charge in [0, 0.05) is 17.2 Å². The summed E-state index contributed by atoms with van der Waals surface area (Å²) in [4.78, 5) is 6.60. The molecule has 4 nitrogen and oxygen atoms in total. The zero-order valence-electron chi connectivity index (χ0n) is 14.3. The lowest BCUT2D eigenvalue weighted by Crippen LogP contribution is -2.22. The van der Waals surface area contributed by atoms with E-state index in [4.69, 9.17) is 9.15 Å². The standard InChI is InChI=1S/C20H22N2O2/c1-15(17-11-7-8-12-18(17)23-3)22(2)14-20-21-13-19(24-20)16-9-5-4-6-10-16/h4-13,15H,14H2,1-3H3/t15-/m1/s1. The second-order valence-electron chi connectivity index (χ2n) is 5.82. The van der Waals surface area contributed by atoms with E-state index in [0.717, 1.165) is 22.6 Å². The largest absolute Gasteiger partial charge is 0.496 e. The monoisotopic (exact) mass is 322 g/mol. The number of aromatic nitrogens is 1. The van der Waals surface area contributed by atoms with Gasteiger partial charge in [-0.15, -0.1) is 0 Å². The Morgan fingerprint density at radius 3 is 2.54 bits per heavy atom. The highest BCUT2D eigenvalue weighted by molar-refractivity contribution is 5.55. The summed E-state index contributed by atoms with van der Waals surface area (Å²) in [5.74, 6) is 2.40. The van der Waals surface area contributed by atoms with Crippen LogP contribution in [0.5, 0.6) is 5.75 Å². The van der Waals surface area contributed by atoms with Crippen LogP contribution in [0.15, 0.2) is 65.2 Å². The minimum atomic E-state index is 0.188. The van der Waals surface area contributed by atoms with Crippen LogP contribution >= 0.6 is 0 Å². The lowest BCUT2D eigenvalue weighted by molar-refractivity contribution is 0.224. The maximum atomic E-state index is 5.90. The Labute approximate surface area is 142 Å². The second-order valence-corrected chi connectivity index (χ2v) is 5.82. The summed E-state index contributed by atoms with van der Waals surface area (Å²) in [6, 6.07) is 18.3. The molecular formula is C20H22N2O2. The van der Waals surface area contributed by atoms with Gasteiger partial charge in [-0.2, -0.15) is 0 Å². The first kappa shape index (κ1) is 16.3. The van der Waals surface area contributed by atoms with E-state index in [2.05, 4.69) is 29.9 Å². The number of methoxy groups -OCH3 is 1. The predicted octanol–water partition coefficient (Wildman–Crippen LogP) is 4.54. The molecule has 24 heavy (non-hydrogen) atoms. The molecule has 0 N–H and O–H groups in total. The van der Waals surface area contributed by atoms with Gasteiger partial charge < -0.3 is 9.15 Å². The average molecular weight is 322 g/mol. The van der Waals surface area contributed by atoms with Crippen LogP contribution in [-0.4, -0.2) is 24.0 Å². The van der Waals surface area contributed by atoms with Crippen LogP contribution in [0.4, 0.5) is 0 Å². The minimum absolute atomic E-state index is 0.188. The molecule has 2 aromatic carbocycles. The summed E-state index contributed by atoms with van der Waals surface area (Å²) in [7, 11) is 3.76. The van der Waals surface area contributed by atoms with E-state index in [9.17, 15) is 0 Å². The topological polar surface area (TPSA) is 38.5 Å². The Morgan fingerprint density at radius 2 is 1.79 bits per heavy atom. The van der Waals surface area contributed by atoms with E-state index < -0.39 is 0 Å². The average Bonchev–Trinajstić information content (AvgIpc) is 3.10. The third kappa shape index (κ3) is 3.49. The second kappa shape index (κ2) is 7.32. The molecule has 0 aliphatic carbocycles. The van der Waals surface area contributed by atoms with Crippen molar-refractivity contribution in [3.63, 3.8) is 0 Å². The normalized spacial score (nSPS) is 12.3. The van der Waals surface area contributed by atoms with Gasteiger partial charge in [-0.05, 0) is 20.0 Å². The van der Waals surface area contributed by atoms with Crippen molar-refractivity contribution >= 4 is 0 Å². The molecule has 4 heteroatoms. The lowest BCUT2D eigenvalue weighted by atomic mass is 10.1. The third-order valence-electron chi connectivity index (χ3n) is 4.25. The van der Waals surface area contributed by atoms with Crippen LogP contribution in [0.2, 0.25) is 0 Å². The van der Waals surface area contributed by atoms with Crippen molar-refractivity contribution < 1.29 is 9.15 Å². The van der Waals surface area contributed by atoms with Gasteiger partial charge in [-0.25, -0.2) is 4.98 Å². The Hall–Kier alpha value is -2.59. The van der Waals surface area contributed by atoms with E-state index in [1.54, 1.807) is 13.3 Å². The van der Waals surface area contributed by atoms with Gasteiger partial charge in [-0.1, -0.05) is 48.5 Å². The van der Waals surface area contributed by atoms with Crippen LogP contribution in [-0.2, 0) is 6.54 Å². The fourth-order valence-corrected chi connectivity index (χ4v) is 2.72. The van der Waals surface area contributed by atoms with Crippen molar-refractivity contribution in [3.05, 3.63) is 72.2 Å². The number of hydrogen-bond acceptors (Lipinski definition) is 4. The number of para-hydroxylation sites is 1. The van der Waals surface area contributed by atoms with E-state index in [-0.39, 0.29) is 6.04 Å². The first-order chi connectivity index (χ1) is 11.7. The Kier molecular flexibility index (Phi) is 4.96. The van der Waals surface area contributed by atoms with Crippen LogP contribution in [0, 0.1) is 0 Å². The van der Waals surface area contributed by atoms with Crippen molar-refractivity contribution in [2.24, 2.45) is 0 Å². The van der Waals surface area contributed by atoms with Gasteiger partial charge in [0.1, 0.15) is 5.75 Å². The van der Waals surface area contributed by atoms with Gasteiger partial charge >= 0.3 is 0 Å². The van der Waals surface area contributed by atoms with Gasteiger partial charge in [0.05, 0.1) is 19.9 Å². The van der Waals surface area contributed by atoms with Crippen LogP contribution in [0.1, 0.15) is 24.4 Å². The summed E-state index contributed by atoms with van der Waals surface area (Å²) in [5.41, 5.74) is 2.19. The highest BCUT2D eigenvalue weighted by Gasteiger charge is 2.18. The molecule has 0 spiro atoms. The third-order valence-corrected chi connectivity index (χ3v) is 4.25. The van der Waals surface area contributed by atoms with E-state index in [0.29, 0.717) is 12.4 Å². The summed E-state index contributed by atoms with van der Waals surface area (Å²) in [6.45, 7) is 2.78. The number of hydrogen-bond donors (Lipinski definition) is 0. The van der Waals surface area contributed by atoms with Crippen molar-refractivity contribution in [1.82, 2.24) is 9.88 Å². The van der Waals surface area contributed by atoms with Gasteiger partial charge in [0.15, 0.2) is 5.76 Å². The Morgan fingerprint density at radius 1 is 1.08 bits per heavy atom. The first-order valence-corrected chi connectivity index (χ1v) is 8.02. The van der Waals surface area contributed by atoms with Crippen LogP contribution < -0.4 is 4.74 Å². The van der Waals surface area contributed by atoms with Gasteiger partial charge in [-0.3, -0.25) is 4.90 Å². The Bertz CT molecular complexity index is 783. The SMILES string of the molecule is COc1ccccc1[C@@H](C)N(C)Cc1ncc(-c2ccccc2)o1. The number of nitrogens with zero attached hydrogens (tertiary/aromatic N) is 2. The first-order valence-electron chi connectivity index (χ1n) is 8.02. The van der Waals surface area contributed by atoms with Crippen molar-refractivity contribution in [2.45, 2.75) is 19.5 Å². The molecule has 3 rings (SSSR count). The van der Waals surface area contributed by atoms with Crippen molar-refractivity contribution in [3.8, 4) is 17.1 Å². The van der Waals surface area contributed by atoms with E-state index >= 15 is 0 Å². The molecule has 1 atom stereocenters. The maximum absolute atomic E-state index is 5.90. The molecule has 0 amide bonds. The van der Waals surface area contributed by atoms with Crippen molar-refractivity contribution in [2.75, 3.05) is 14.2 Å². The molecule has 0 radical (unpaired) electrons. The van der Waals surface area contributed by atoms with Crippen LogP contribution in [0.3, 0.4) is 0 Å². The molecule has 0 saturated heterocycles. The lowest BCUT2D eigenvalue weighted by Gasteiger charge is -2.25. The van der Waals surface area contributed by atoms with Gasteiger partial charge in [0.25, 0.3) is 0 Å². The molecule has 0 unspecified atom stereocenters. The summed E-state index contributed by atoms with van der Waals surface area (Å²) < 4.78 is 11.4. The molecule has 1 heterocycles. The highest BCUT2D eigenvalue weighted by Crippen LogP contribution is 2.29. The number of benzene rings is 2. The smallest absolute Gasteiger partial charge is 0.209 e. The molecule has 124 valence electrons. The molecule has 0 aliphatic heterocycles. The summed E-state index contributed by atoms with van der Waals surface area (Å²) >= 11 is 0. The fraction of sp³-hybridized carbons (Fsp3) is 0.250.